The summed E-state index contributed by atoms with van der Waals surface area (Å²) in [5.74, 6) is 1.56. The maximum atomic E-state index is 9.00. The zero-order valence-corrected chi connectivity index (χ0v) is 23.3. The number of hydrogen-bond donors (Lipinski definition) is 3. The lowest BCUT2D eigenvalue weighted by molar-refractivity contribution is -0.134. The molecule has 0 radical (unpaired) electrons. The topological polar surface area (TPSA) is 146 Å². The van der Waals surface area contributed by atoms with Crippen molar-refractivity contribution in [3.63, 3.8) is 0 Å². The summed E-state index contributed by atoms with van der Waals surface area (Å²) in [4.78, 5) is 45.8. The van der Waals surface area contributed by atoms with Crippen molar-refractivity contribution in [1.82, 2.24) is 39.9 Å². The fraction of sp³-hybridized carbons (Fsp3) is 0.0294. The number of aromatic nitrogens is 8. The molecule has 10 heteroatoms. The van der Waals surface area contributed by atoms with E-state index >= 15 is 0 Å². The van der Waals surface area contributed by atoms with Gasteiger partial charge < -0.3 is 15.1 Å². The number of nitrogens with zero attached hydrogens (tertiary/aromatic N) is 6. The van der Waals surface area contributed by atoms with Crippen molar-refractivity contribution in [2.24, 2.45) is 0 Å². The molecule has 2 aliphatic rings. The van der Waals surface area contributed by atoms with Crippen LogP contribution < -0.4 is 0 Å². The van der Waals surface area contributed by atoms with Crippen LogP contribution in [0.3, 0.4) is 0 Å². The largest absolute Gasteiger partial charge is 0.481 e. The van der Waals surface area contributed by atoms with Gasteiger partial charge in [-0.2, -0.15) is 0 Å². The molecule has 0 saturated heterocycles. The van der Waals surface area contributed by atoms with E-state index in [1.54, 1.807) is 0 Å². The number of fused-ring (bicyclic) bond motifs is 20. The van der Waals surface area contributed by atoms with Gasteiger partial charge in [0.2, 0.25) is 0 Å². The number of aromatic amines is 2. The first-order chi connectivity index (χ1) is 21.5. The van der Waals surface area contributed by atoms with Gasteiger partial charge in [0, 0.05) is 50.7 Å². The van der Waals surface area contributed by atoms with Crippen molar-refractivity contribution in [3.05, 3.63) is 97.1 Å². The summed E-state index contributed by atoms with van der Waals surface area (Å²) in [5, 5.41) is 11.2. The number of aliphatic carboxylic acids is 1. The molecule has 3 aromatic heterocycles. The third-order valence-electron chi connectivity index (χ3n) is 7.46. The van der Waals surface area contributed by atoms with Gasteiger partial charge in [0.15, 0.2) is 23.3 Å². The fourth-order valence-electron chi connectivity index (χ4n) is 5.59. The predicted molar refractivity (Wildman–Crippen MR) is 169 cm³/mol. The van der Waals surface area contributed by atoms with E-state index in [1.807, 2.05) is 97.1 Å². The molecule has 4 aromatic carbocycles. The van der Waals surface area contributed by atoms with Gasteiger partial charge in [-0.15, -0.1) is 0 Å². The third kappa shape index (κ3) is 4.16. The van der Waals surface area contributed by atoms with Crippen LogP contribution in [0.2, 0.25) is 0 Å². The Labute approximate surface area is 249 Å². The molecule has 10 nitrogen and oxygen atoms in total. The van der Waals surface area contributed by atoms with E-state index in [2.05, 4.69) is 9.97 Å². The van der Waals surface area contributed by atoms with Crippen LogP contribution in [0.4, 0.5) is 0 Å². The Morgan fingerprint density at radius 1 is 0.455 bits per heavy atom. The van der Waals surface area contributed by atoms with Crippen LogP contribution >= 0.6 is 0 Å². The van der Waals surface area contributed by atoms with E-state index in [0.29, 0.717) is 45.9 Å². The van der Waals surface area contributed by atoms with E-state index in [-0.39, 0.29) is 0 Å². The molecule has 0 unspecified atom stereocenters. The van der Waals surface area contributed by atoms with Gasteiger partial charge in [-0.1, -0.05) is 97.1 Å². The van der Waals surface area contributed by atoms with Gasteiger partial charge in [0.1, 0.15) is 22.6 Å². The average Bonchev–Trinajstić information content (AvgIpc) is 3.76. The van der Waals surface area contributed by atoms with Gasteiger partial charge in [0.25, 0.3) is 5.97 Å². The normalized spacial score (nSPS) is 11.5. The minimum atomic E-state index is -0.833. The molecule has 210 valence electrons. The van der Waals surface area contributed by atoms with Gasteiger partial charge in [-0.3, -0.25) is 4.79 Å². The van der Waals surface area contributed by atoms with Gasteiger partial charge in [0.05, 0.1) is 0 Å². The lowest BCUT2D eigenvalue weighted by atomic mass is 10.1. The van der Waals surface area contributed by atoms with Gasteiger partial charge in [-0.05, 0) is 0 Å². The maximum Gasteiger partial charge on any atom is 0.300 e. The van der Waals surface area contributed by atoms with E-state index < -0.39 is 5.97 Å². The number of benzene rings is 4. The average molecular weight is 575 g/mol. The molecule has 3 N–H and O–H groups in total. The number of carbonyl (C=O) groups is 1. The second-order valence-electron chi connectivity index (χ2n) is 10.3. The van der Waals surface area contributed by atoms with E-state index in [9.17, 15) is 0 Å². The number of carboxylic acids is 1. The SMILES string of the molecule is CC(=O)O.c1ccc2c(c1)-c1nc-2nc2[nH]c(nc3nc(nc4[nH]c(n1)c1ccccc41)-c1ccccc1-3)c1ccccc21. The Balaban J connectivity index is 0.000000684. The molecule has 2 aliphatic heterocycles. The molecule has 0 aliphatic carbocycles. The second-order valence-corrected chi connectivity index (χ2v) is 10.3. The predicted octanol–water partition coefficient (Wildman–Crippen LogP) is 6.96. The Kier molecular flexibility index (Phi) is 5.73. The molecule has 5 heterocycles. The third-order valence-corrected chi connectivity index (χ3v) is 7.46. The number of carboxylic acid groups (broad SMARTS) is 1. The molecule has 0 atom stereocenters. The summed E-state index contributed by atoms with van der Waals surface area (Å²) in [6.07, 6.45) is 0. The summed E-state index contributed by atoms with van der Waals surface area (Å²) in [7, 11) is 0. The van der Waals surface area contributed by atoms with Crippen LogP contribution in [0.1, 0.15) is 6.92 Å². The molecule has 8 bridgehead atoms. The molecule has 44 heavy (non-hydrogen) atoms. The highest BCUT2D eigenvalue weighted by atomic mass is 16.4. The van der Waals surface area contributed by atoms with Crippen LogP contribution in [0, 0.1) is 0 Å². The minimum Gasteiger partial charge on any atom is -0.481 e. The Hall–Kier alpha value is -6.29. The monoisotopic (exact) mass is 574 g/mol. The summed E-state index contributed by atoms with van der Waals surface area (Å²) >= 11 is 0. The second kappa shape index (κ2) is 9.92. The van der Waals surface area contributed by atoms with Crippen LogP contribution in [0.25, 0.3) is 89.7 Å². The van der Waals surface area contributed by atoms with Crippen molar-refractivity contribution in [2.75, 3.05) is 0 Å². The van der Waals surface area contributed by atoms with Crippen LogP contribution in [0.15, 0.2) is 97.1 Å². The van der Waals surface area contributed by atoms with Gasteiger partial charge >= 0.3 is 0 Å². The number of hydrogen-bond acceptors (Lipinski definition) is 7. The zero-order valence-electron chi connectivity index (χ0n) is 23.3. The van der Waals surface area contributed by atoms with Crippen LogP contribution in [-0.4, -0.2) is 50.9 Å². The minimum absolute atomic E-state index is 0.597. The first-order valence-electron chi connectivity index (χ1n) is 13.9. The van der Waals surface area contributed by atoms with E-state index in [1.165, 1.54) is 0 Å². The molecular weight excluding hydrogens is 552 g/mol. The Bertz CT molecular complexity index is 2140. The molecule has 0 spiro atoms. The van der Waals surface area contributed by atoms with Gasteiger partial charge in [-0.25, -0.2) is 29.9 Å². The highest BCUT2D eigenvalue weighted by Gasteiger charge is 2.21. The molecule has 0 saturated carbocycles. The highest BCUT2D eigenvalue weighted by molar-refractivity contribution is 6.06. The lowest BCUT2D eigenvalue weighted by Crippen LogP contribution is -1.82. The maximum absolute atomic E-state index is 9.00. The quantitative estimate of drug-likeness (QED) is 0.176. The first kappa shape index (κ1) is 25.4. The van der Waals surface area contributed by atoms with Crippen molar-refractivity contribution in [3.8, 4) is 45.6 Å². The van der Waals surface area contributed by atoms with Crippen molar-refractivity contribution in [2.45, 2.75) is 6.92 Å². The number of H-pyrrole nitrogens is 2. The number of rotatable bonds is 0. The highest BCUT2D eigenvalue weighted by Crippen LogP contribution is 2.36. The van der Waals surface area contributed by atoms with E-state index in [4.69, 9.17) is 39.8 Å². The molecule has 0 amide bonds. The van der Waals surface area contributed by atoms with Crippen molar-refractivity contribution >= 4 is 50.1 Å². The first-order valence-corrected chi connectivity index (χ1v) is 13.9. The van der Waals surface area contributed by atoms with Crippen LogP contribution in [0.5, 0.6) is 0 Å². The Morgan fingerprint density at radius 2 is 0.682 bits per heavy atom. The van der Waals surface area contributed by atoms with Crippen molar-refractivity contribution in [1.29, 1.82) is 0 Å². The molecular formula is C34H22N8O2. The summed E-state index contributed by atoms with van der Waals surface area (Å²) in [5.41, 5.74) is 6.45. The molecule has 7 aromatic rings. The standard InChI is InChI=1S/C32H18N8.C2H4O2/c1-2-10-18-17(9-1)25-33-26(18)38-28-21-13-5-6-14-22(21)30(35-28)40-32-24-16-8-7-15-23(24)31(36-32)39-29-20-12-4-3-11-19(20)27(34-29)37-25;1-2(3)4/h1-16H,(H2,33,34,35,36,37,38,39,40);1H3,(H,3,4). The molecule has 9 rings (SSSR count). The van der Waals surface area contributed by atoms with Crippen LogP contribution in [-0.2, 0) is 4.79 Å². The smallest absolute Gasteiger partial charge is 0.300 e. The number of nitrogens with one attached hydrogen (secondary N) is 2. The summed E-state index contributed by atoms with van der Waals surface area (Å²) in [6, 6.07) is 32.2. The fourth-order valence-corrected chi connectivity index (χ4v) is 5.59. The van der Waals surface area contributed by atoms with E-state index in [0.717, 1.165) is 50.7 Å². The Morgan fingerprint density at radius 3 is 0.932 bits per heavy atom. The zero-order chi connectivity index (χ0) is 29.8. The summed E-state index contributed by atoms with van der Waals surface area (Å²) in [6.45, 7) is 1.08. The summed E-state index contributed by atoms with van der Waals surface area (Å²) < 4.78 is 0. The van der Waals surface area contributed by atoms with Crippen molar-refractivity contribution < 1.29 is 9.90 Å². The lowest BCUT2D eigenvalue weighted by Gasteiger charge is -1.96. The molecule has 0 fully saturated rings.